The molecule has 1 aliphatic heterocycles. The highest BCUT2D eigenvalue weighted by Gasteiger charge is 2.30. The number of ether oxygens (including phenoxy) is 2. The van der Waals surface area contributed by atoms with E-state index in [0.717, 1.165) is 11.1 Å². The lowest BCUT2D eigenvalue weighted by molar-refractivity contribution is -0.0730. The average molecular weight is 278 g/mol. The van der Waals surface area contributed by atoms with Gasteiger partial charge >= 0.3 is 0 Å². The van der Waals surface area contributed by atoms with Crippen LogP contribution in [0, 0.1) is 0 Å². The molecular formula is C19H18O2. The van der Waals surface area contributed by atoms with Crippen molar-refractivity contribution in [2.24, 2.45) is 0 Å². The van der Waals surface area contributed by atoms with E-state index in [4.69, 9.17) is 9.47 Å². The van der Waals surface area contributed by atoms with Gasteiger partial charge in [0.25, 0.3) is 0 Å². The summed E-state index contributed by atoms with van der Waals surface area (Å²) in [5.41, 5.74) is 2.26. The molecule has 0 spiro atoms. The molecule has 2 nitrogen and oxygen atoms in total. The molecule has 0 N–H and O–H groups in total. The predicted molar refractivity (Wildman–Crippen MR) is 85.6 cm³/mol. The van der Waals surface area contributed by atoms with Crippen LogP contribution in [0.2, 0.25) is 0 Å². The van der Waals surface area contributed by atoms with Gasteiger partial charge in [-0.1, -0.05) is 72.8 Å². The standard InChI is InChI=1S/C19H18O2/c1-3-7-17(8-4-1)11-13-19(20-15-16-21-19)14-12-18-9-5-2-6-10-18/h1-14H,15-16H2/b13-11+,14-12+. The van der Waals surface area contributed by atoms with Crippen molar-refractivity contribution in [1.82, 2.24) is 0 Å². The largest absolute Gasteiger partial charge is 0.341 e. The summed E-state index contributed by atoms with van der Waals surface area (Å²) in [4.78, 5) is 0. The number of rotatable bonds is 4. The van der Waals surface area contributed by atoms with Gasteiger partial charge in [0.1, 0.15) is 0 Å². The minimum atomic E-state index is -0.758. The SMILES string of the molecule is C(=C\C1(/C=C/c2ccccc2)OCCO1)/c1ccccc1. The minimum Gasteiger partial charge on any atom is -0.341 e. The molecule has 0 saturated carbocycles. The first-order chi connectivity index (χ1) is 10.4. The van der Waals surface area contributed by atoms with E-state index < -0.39 is 5.79 Å². The Hall–Kier alpha value is -2.16. The molecule has 21 heavy (non-hydrogen) atoms. The van der Waals surface area contributed by atoms with Crippen LogP contribution in [-0.2, 0) is 9.47 Å². The monoisotopic (exact) mass is 278 g/mol. The van der Waals surface area contributed by atoms with Crippen molar-refractivity contribution in [3.05, 3.63) is 83.9 Å². The Balaban J connectivity index is 1.80. The molecule has 1 heterocycles. The Bertz CT molecular complexity index is 557. The topological polar surface area (TPSA) is 18.5 Å². The van der Waals surface area contributed by atoms with Crippen molar-refractivity contribution < 1.29 is 9.47 Å². The normalized spacial score (nSPS) is 17.7. The van der Waals surface area contributed by atoms with E-state index in [1.54, 1.807) is 0 Å². The van der Waals surface area contributed by atoms with E-state index in [-0.39, 0.29) is 0 Å². The van der Waals surface area contributed by atoms with Crippen LogP contribution in [0.15, 0.2) is 72.8 Å². The quantitative estimate of drug-likeness (QED) is 0.836. The molecule has 0 amide bonds. The molecule has 0 aliphatic carbocycles. The molecule has 1 aliphatic rings. The summed E-state index contributed by atoms with van der Waals surface area (Å²) in [5, 5.41) is 0. The van der Waals surface area contributed by atoms with Crippen LogP contribution in [-0.4, -0.2) is 19.0 Å². The van der Waals surface area contributed by atoms with Gasteiger partial charge in [0, 0.05) is 0 Å². The highest BCUT2D eigenvalue weighted by atomic mass is 16.7. The first kappa shape index (κ1) is 13.8. The van der Waals surface area contributed by atoms with Crippen LogP contribution in [0.25, 0.3) is 12.2 Å². The predicted octanol–water partition coefficient (Wildman–Crippen LogP) is 4.16. The second-order valence-electron chi connectivity index (χ2n) is 4.91. The summed E-state index contributed by atoms with van der Waals surface area (Å²) in [6, 6.07) is 20.3. The van der Waals surface area contributed by atoms with Crippen LogP contribution in [0.4, 0.5) is 0 Å². The van der Waals surface area contributed by atoms with E-state index in [2.05, 4.69) is 24.3 Å². The fraction of sp³-hybridized carbons (Fsp3) is 0.158. The fourth-order valence-corrected chi connectivity index (χ4v) is 2.25. The zero-order valence-corrected chi connectivity index (χ0v) is 11.8. The van der Waals surface area contributed by atoms with E-state index >= 15 is 0 Å². The Morgan fingerprint density at radius 2 is 1.10 bits per heavy atom. The molecule has 2 heteroatoms. The van der Waals surface area contributed by atoms with Gasteiger partial charge in [0.05, 0.1) is 13.2 Å². The average Bonchev–Trinajstić information content (AvgIpc) is 3.03. The third-order valence-electron chi connectivity index (χ3n) is 3.35. The summed E-state index contributed by atoms with van der Waals surface area (Å²) in [7, 11) is 0. The van der Waals surface area contributed by atoms with E-state index in [0.29, 0.717) is 13.2 Å². The van der Waals surface area contributed by atoms with E-state index in [1.807, 2.05) is 60.7 Å². The van der Waals surface area contributed by atoms with Crippen molar-refractivity contribution >= 4 is 12.2 Å². The lowest BCUT2D eigenvalue weighted by Gasteiger charge is -2.19. The molecule has 2 aromatic carbocycles. The summed E-state index contributed by atoms with van der Waals surface area (Å²) >= 11 is 0. The van der Waals surface area contributed by atoms with Crippen molar-refractivity contribution in [3.8, 4) is 0 Å². The lowest BCUT2D eigenvalue weighted by Crippen LogP contribution is -2.23. The van der Waals surface area contributed by atoms with E-state index in [9.17, 15) is 0 Å². The Labute approximate surface area is 125 Å². The Morgan fingerprint density at radius 1 is 0.667 bits per heavy atom. The van der Waals surface area contributed by atoms with Gasteiger partial charge in [0.2, 0.25) is 5.79 Å². The van der Waals surface area contributed by atoms with Crippen molar-refractivity contribution in [2.75, 3.05) is 13.2 Å². The molecule has 0 unspecified atom stereocenters. The maximum absolute atomic E-state index is 5.79. The maximum Gasteiger partial charge on any atom is 0.208 e. The zero-order chi connectivity index (χ0) is 14.4. The highest BCUT2D eigenvalue weighted by molar-refractivity contribution is 5.54. The third kappa shape index (κ3) is 3.69. The van der Waals surface area contributed by atoms with Crippen molar-refractivity contribution in [3.63, 3.8) is 0 Å². The second-order valence-corrected chi connectivity index (χ2v) is 4.91. The smallest absolute Gasteiger partial charge is 0.208 e. The molecule has 0 aromatic heterocycles. The van der Waals surface area contributed by atoms with Gasteiger partial charge in [-0.3, -0.25) is 0 Å². The first-order valence-electron chi connectivity index (χ1n) is 7.13. The van der Waals surface area contributed by atoms with Gasteiger partial charge in [-0.2, -0.15) is 0 Å². The number of hydrogen-bond acceptors (Lipinski definition) is 2. The highest BCUT2D eigenvalue weighted by Crippen LogP contribution is 2.25. The molecule has 0 radical (unpaired) electrons. The van der Waals surface area contributed by atoms with Crippen molar-refractivity contribution in [2.45, 2.75) is 5.79 Å². The number of benzene rings is 2. The van der Waals surface area contributed by atoms with Crippen molar-refractivity contribution in [1.29, 1.82) is 0 Å². The molecule has 0 bridgehead atoms. The van der Waals surface area contributed by atoms with Gasteiger partial charge in [-0.05, 0) is 23.3 Å². The molecule has 3 rings (SSSR count). The molecule has 1 fully saturated rings. The van der Waals surface area contributed by atoms with Crippen LogP contribution >= 0.6 is 0 Å². The van der Waals surface area contributed by atoms with Gasteiger partial charge in [-0.15, -0.1) is 0 Å². The maximum atomic E-state index is 5.79. The molecule has 106 valence electrons. The van der Waals surface area contributed by atoms with Gasteiger partial charge in [0.15, 0.2) is 0 Å². The Morgan fingerprint density at radius 3 is 1.52 bits per heavy atom. The molecule has 1 saturated heterocycles. The van der Waals surface area contributed by atoms with Crippen LogP contribution in [0.3, 0.4) is 0 Å². The third-order valence-corrected chi connectivity index (χ3v) is 3.35. The van der Waals surface area contributed by atoms with Crippen LogP contribution in [0.1, 0.15) is 11.1 Å². The Kier molecular flexibility index (Phi) is 4.29. The summed E-state index contributed by atoms with van der Waals surface area (Å²) in [6.07, 6.45) is 7.99. The van der Waals surface area contributed by atoms with Gasteiger partial charge < -0.3 is 9.47 Å². The summed E-state index contributed by atoms with van der Waals surface area (Å²) < 4.78 is 11.6. The van der Waals surface area contributed by atoms with Crippen LogP contribution in [0.5, 0.6) is 0 Å². The van der Waals surface area contributed by atoms with E-state index in [1.165, 1.54) is 0 Å². The second kappa shape index (κ2) is 6.53. The number of hydrogen-bond donors (Lipinski definition) is 0. The molecule has 2 aromatic rings. The zero-order valence-electron chi connectivity index (χ0n) is 11.8. The van der Waals surface area contributed by atoms with Crippen LogP contribution < -0.4 is 0 Å². The lowest BCUT2D eigenvalue weighted by atomic mass is 10.1. The fourth-order valence-electron chi connectivity index (χ4n) is 2.25. The summed E-state index contributed by atoms with van der Waals surface area (Å²) in [5.74, 6) is -0.758. The van der Waals surface area contributed by atoms with Gasteiger partial charge in [-0.25, -0.2) is 0 Å². The molecule has 0 atom stereocenters. The summed E-state index contributed by atoms with van der Waals surface area (Å²) in [6.45, 7) is 1.22. The first-order valence-corrected chi connectivity index (χ1v) is 7.13. The minimum absolute atomic E-state index is 0.609. The molecular weight excluding hydrogens is 260 g/mol.